The molecule has 8 heteroatoms. The molecule has 0 saturated carbocycles. The fourth-order valence-corrected chi connectivity index (χ4v) is 3.30. The Hall–Kier alpha value is -2.74. The Bertz CT molecular complexity index is 909. The van der Waals surface area contributed by atoms with E-state index in [2.05, 4.69) is 25.0 Å². The Morgan fingerprint density at radius 2 is 2.15 bits per heavy atom. The first kappa shape index (κ1) is 16.7. The minimum atomic E-state index is -0.135. The predicted molar refractivity (Wildman–Crippen MR) is 95.9 cm³/mol. The summed E-state index contributed by atoms with van der Waals surface area (Å²) < 4.78 is 9.27. The van der Waals surface area contributed by atoms with Crippen molar-refractivity contribution >= 4 is 17.1 Å². The van der Waals surface area contributed by atoms with Crippen molar-refractivity contribution in [2.45, 2.75) is 25.3 Å². The van der Waals surface area contributed by atoms with Crippen molar-refractivity contribution in [3.63, 3.8) is 0 Å². The van der Waals surface area contributed by atoms with E-state index in [-0.39, 0.29) is 5.91 Å². The molecule has 1 saturated heterocycles. The summed E-state index contributed by atoms with van der Waals surface area (Å²) in [6.45, 7) is 2.09. The number of amides is 1. The van der Waals surface area contributed by atoms with Crippen LogP contribution in [0.1, 0.15) is 34.8 Å². The van der Waals surface area contributed by atoms with Gasteiger partial charge in [0, 0.05) is 45.2 Å². The number of carbonyl (C=O) groups is 1. The molecule has 0 radical (unpaired) electrons. The van der Waals surface area contributed by atoms with Crippen LogP contribution < -0.4 is 5.32 Å². The molecule has 1 amide bonds. The van der Waals surface area contributed by atoms with Gasteiger partial charge in [-0.05, 0) is 30.9 Å². The van der Waals surface area contributed by atoms with Crippen molar-refractivity contribution in [2.24, 2.45) is 7.05 Å². The van der Waals surface area contributed by atoms with Crippen LogP contribution in [-0.4, -0.2) is 50.0 Å². The second-order valence-electron chi connectivity index (χ2n) is 6.59. The Kier molecular flexibility index (Phi) is 4.66. The molecule has 0 aliphatic carbocycles. The van der Waals surface area contributed by atoms with Crippen LogP contribution in [0.2, 0.25) is 0 Å². The third-order valence-corrected chi connectivity index (χ3v) is 4.72. The number of ether oxygens (including phenoxy) is 1. The molecule has 0 spiro atoms. The van der Waals surface area contributed by atoms with Crippen molar-refractivity contribution in [3.05, 3.63) is 42.1 Å². The minimum absolute atomic E-state index is 0.135. The van der Waals surface area contributed by atoms with Crippen LogP contribution in [-0.2, 0) is 18.2 Å². The van der Waals surface area contributed by atoms with E-state index >= 15 is 0 Å². The molecule has 3 aromatic heterocycles. The lowest BCUT2D eigenvalue weighted by Crippen LogP contribution is -2.25. The average Bonchev–Trinajstić information content (AvgIpc) is 3.28. The smallest absolute Gasteiger partial charge is 0.252 e. The summed E-state index contributed by atoms with van der Waals surface area (Å²) in [5, 5.41) is 7.05. The number of imidazole rings is 1. The molecule has 4 rings (SSSR count). The van der Waals surface area contributed by atoms with Crippen LogP contribution in [0.5, 0.6) is 0 Å². The lowest BCUT2D eigenvalue weighted by molar-refractivity contribution is 0.0704. The first-order chi connectivity index (χ1) is 12.7. The van der Waals surface area contributed by atoms with Gasteiger partial charge in [0.15, 0.2) is 5.65 Å². The van der Waals surface area contributed by atoms with Crippen molar-refractivity contribution in [3.8, 4) is 0 Å². The van der Waals surface area contributed by atoms with Crippen LogP contribution in [0.3, 0.4) is 0 Å². The number of nitrogens with zero attached hydrogens (tertiary/aromatic N) is 5. The number of nitrogens with one attached hydrogen (secondary N) is 1. The van der Waals surface area contributed by atoms with Crippen molar-refractivity contribution in [2.75, 3.05) is 19.8 Å². The van der Waals surface area contributed by atoms with Gasteiger partial charge in [0.05, 0.1) is 18.1 Å². The van der Waals surface area contributed by atoms with E-state index in [1.54, 1.807) is 16.9 Å². The first-order valence-electron chi connectivity index (χ1n) is 8.87. The summed E-state index contributed by atoms with van der Waals surface area (Å²) >= 11 is 0. The zero-order chi connectivity index (χ0) is 17.9. The summed E-state index contributed by atoms with van der Waals surface area (Å²) in [6.07, 6.45) is 9.86. The van der Waals surface area contributed by atoms with E-state index in [4.69, 9.17) is 4.74 Å². The maximum Gasteiger partial charge on any atom is 0.252 e. The number of aryl methyl sites for hydroxylation is 1. The zero-order valence-corrected chi connectivity index (χ0v) is 14.8. The molecular formula is C18H22N6O2. The van der Waals surface area contributed by atoms with Crippen LogP contribution in [0.15, 0.2) is 31.0 Å². The number of hydrogen-bond acceptors (Lipinski definition) is 5. The van der Waals surface area contributed by atoms with Crippen molar-refractivity contribution in [1.29, 1.82) is 0 Å². The van der Waals surface area contributed by atoms with E-state index in [0.29, 0.717) is 18.2 Å². The summed E-state index contributed by atoms with van der Waals surface area (Å²) in [4.78, 5) is 21.3. The maximum absolute atomic E-state index is 12.4. The van der Waals surface area contributed by atoms with Gasteiger partial charge in [-0.25, -0.2) is 9.97 Å². The number of carbonyl (C=O) groups excluding carboxylic acids is 1. The van der Waals surface area contributed by atoms with Gasteiger partial charge in [-0.3, -0.25) is 9.48 Å². The van der Waals surface area contributed by atoms with Gasteiger partial charge in [0.1, 0.15) is 5.52 Å². The zero-order valence-electron chi connectivity index (χ0n) is 14.8. The average molecular weight is 354 g/mol. The molecule has 0 bridgehead atoms. The number of pyridine rings is 1. The van der Waals surface area contributed by atoms with Gasteiger partial charge in [-0.1, -0.05) is 0 Å². The Morgan fingerprint density at radius 3 is 2.92 bits per heavy atom. The SMILES string of the molecule is Cn1cc(CCNC(=O)c2cnc3c(c2)ncn3C2CCOCC2)cn1. The highest BCUT2D eigenvalue weighted by molar-refractivity contribution is 5.96. The van der Waals surface area contributed by atoms with E-state index in [1.165, 1.54) is 0 Å². The standard InChI is InChI=1S/C18H22N6O2/c1-23-11-13(9-22-23)2-5-19-18(25)14-8-16-17(20-10-14)24(12-21-16)15-3-6-26-7-4-15/h8-12,15H,2-7H2,1H3,(H,19,25). The van der Waals surface area contributed by atoms with Crippen LogP contribution in [0.4, 0.5) is 0 Å². The van der Waals surface area contributed by atoms with Crippen molar-refractivity contribution < 1.29 is 9.53 Å². The second-order valence-corrected chi connectivity index (χ2v) is 6.59. The molecule has 1 fully saturated rings. The third kappa shape index (κ3) is 3.45. The molecule has 136 valence electrons. The fourth-order valence-electron chi connectivity index (χ4n) is 3.30. The molecule has 4 heterocycles. The van der Waals surface area contributed by atoms with E-state index in [1.807, 2.05) is 25.8 Å². The van der Waals surface area contributed by atoms with Gasteiger partial charge in [-0.15, -0.1) is 0 Å². The summed E-state index contributed by atoms with van der Waals surface area (Å²) in [7, 11) is 1.88. The topological polar surface area (TPSA) is 86.9 Å². The van der Waals surface area contributed by atoms with Gasteiger partial charge >= 0.3 is 0 Å². The highest BCUT2D eigenvalue weighted by Gasteiger charge is 2.19. The quantitative estimate of drug-likeness (QED) is 0.750. The van der Waals surface area contributed by atoms with Gasteiger partial charge in [0.2, 0.25) is 0 Å². The van der Waals surface area contributed by atoms with E-state index in [0.717, 1.165) is 49.2 Å². The number of fused-ring (bicyclic) bond motifs is 1. The maximum atomic E-state index is 12.4. The third-order valence-electron chi connectivity index (χ3n) is 4.72. The highest BCUT2D eigenvalue weighted by Crippen LogP contribution is 2.24. The molecule has 1 aliphatic rings. The van der Waals surface area contributed by atoms with Crippen molar-refractivity contribution in [1.82, 2.24) is 29.6 Å². The van der Waals surface area contributed by atoms with Gasteiger partial charge in [0.25, 0.3) is 5.91 Å². The Balaban J connectivity index is 1.42. The monoisotopic (exact) mass is 354 g/mol. The number of rotatable bonds is 5. The largest absolute Gasteiger partial charge is 0.381 e. The molecule has 1 N–H and O–H groups in total. The van der Waals surface area contributed by atoms with E-state index < -0.39 is 0 Å². The molecule has 26 heavy (non-hydrogen) atoms. The highest BCUT2D eigenvalue weighted by atomic mass is 16.5. The molecule has 0 aromatic carbocycles. The van der Waals surface area contributed by atoms with Crippen LogP contribution in [0, 0.1) is 0 Å². The van der Waals surface area contributed by atoms with Crippen LogP contribution in [0.25, 0.3) is 11.2 Å². The normalized spacial score (nSPS) is 15.4. The molecule has 3 aromatic rings. The van der Waals surface area contributed by atoms with Crippen LogP contribution >= 0.6 is 0 Å². The van der Waals surface area contributed by atoms with E-state index in [9.17, 15) is 4.79 Å². The predicted octanol–water partition coefficient (Wildman–Crippen LogP) is 1.49. The summed E-state index contributed by atoms with van der Waals surface area (Å²) in [5.74, 6) is -0.135. The lowest BCUT2D eigenvalue weighted by atomic mass is 10.1. The summed E-state index contributed by atoms with van der Waals surface area (Å²) in [5.41, 5.74) is 3.19. The number of aromatic nitrogens is 5. The number of hydrogen-bond donors (Lipinski definition) is 1. The molecule has 8 nitrogen and oxygen atoms in total. The molecule has 0 atom stereocenters. The fraction of sp³-hybridized carbons (Fsp3) is 0.444. The summed E-state index contributed by atoms with van der Waals surface area (Å²) in [6, 6.07) is 2.16. The Labute approximate surface area is 151 Å². The Morgan fingerprint density at radius 1 is 1.31 bits per heavy atom. The molecule has 0 unspecified atom stereocenters. The minimum Gasteiger partial charge on any atom is -0.381 e. The first-order valence-corrected chi connectivity index (χ1v) is 8.87. The molecule has 1 aliphatic heterocycles. The second kappa shape index (κ2) is 7.25. The molecular weight excluding hydrogens is 332 g/mol. The lowest BCUT2D eigenvalue weighted by Gasteiger charge is -2.23. The van der Waals surface area contributed by atoms with Gasteiger partial charge < -0.3 is 14.6 Å². The van der Waals surface area contributed by atoms with Gasteiger partial charge in [-0.2, -0.15) is 5.10 Å².